The summed E-state index contributed by atoms with van der Waals surface area (Å²) in [6.07, 6.45) is 8.50. The fourth-order valence-corrected chi connectivity index (χ4v) is 5.88. The number of carbonyl (C=O) groups is 2. The van der Waals surface area contributed by atoms with Gasteiger partial charge in [-0.1, -0.05) is 19.4 Å². The number of carbonyl (C=O) groups excluding carboxylic acids is 2. The van der Waals surface area contributed by atoms with Crippen LogP contribution in [0.1, 0.15) is 55.8 Å². The van der Waals surface area contributed by atoms with Gasteiger partial charge in [0.2, 0.25) is 11.8 Å². The van der Waals surface area contributed by atoms with E-state index in [0.717, 1.165) is 30.8 Å². The second kappa shape index (κ2) is 10.9. The molecule has 10 heteroatoms. The second-order valence-electron chi connectivity index (χ2n) is 11.3. The standard InChI is InChI=1S/C28H36FN5O4/c1-28(8-2-9-28)17-33-10-5-18(6-11-33)16-38-24-15-31-22(14-32-24)19-3-4-20(21(29)13-19)27(37)34-12-7-23(35)25(34)26(30)36/h3-4,13-15,18,23,25,35H,2,5-12,16-17H2,1H3,(H2,30,36)/t23-,25-/m0/s1. The largest absolute Gasteiger partial charge is 0.476 e. The fourth-order valence-electron chi connectivity index (χ4n) is 5.88. The first kappa shape index (κ1) is 26.5. The zero-order chi connectivity index (χ0) is 26.9. The molecule has 0 bridgehead atoms. The number of aliphatic hydroxyl groups is 1. The van der Waals surface area contributed by atoms with Crippen molar-refractivity contribution in [2.45, 2.75) is 57.6 Å². The smallest absolute Gasteiger partial charge is 0.257 e. The van der Waals surface area contributed by atoms with E-state index in [1.807, 2.05) is 0 Å². The molecule has 1 aliphatic carbocycles. The predicted molar refractivity (Wildman–Crippen MR) is 139 cm³/mol. The molecular formula is C28H36FN5O4. The highest BCUT2D eigenvalue weighted by Gasteiger charge is 2.40. The third kappa shape index (κ3) is 5.66. The summed E-state index contributed by atoms with van der Waals surface area (Å²) in [5.74, 6) is -1.34. The number of likely N-dealkylation sites (tertiary alicyclic amines) is 2. The van der Waals surface area contributed by atoms with Gasteiger partial charge in [-0.15, -0.1) is 0 Å². The number of ether oxygens (including phenoxy) is 1. The van der Waals surface area contributed by atoms with E-state index in [1.165, 1.54) is 50.3 Å². The molecule has 1 saturated carbocycles. The first-order valence-electron chi connectivity index (χ1n) is 13.5. The van der Waals surface area contributed by atoms with Crippen LogP contribution < -0.4 is 10.5 Å². The lowest BCUT2D eigenvalue weighted by Crippen LogP contribution is -2.48. The molecule has 3 fully saturated rings. The number of primary amides is 1. The fraction of sp³-hybridized carbons (Fsp3) is 0.571. The van der Waals surface area contributed by atoms with Gasteiger partial charge in [0.1, 0.15) is 11.9 Å². The van der Waals surface area contributed by atoms with Crippen molar-refractivity contribution >= 4 is 11.8 Å². The molecule has 9 nitrogen and oxygen atoms in total. The van der Waals surface area contributed by atoms with Gasteiger partial charge in [-0.3, -0.25) is 9.59 Å². The Kier molecular flexibility index (Phi) is 7.63. The van der Waals surface area contributed by atoms with Gasteiger partial charge >= 0.3 is 0 Å². The van der Waals surface area contributed by atoms with Crippen LogP contribution >= 0.6 is 0 Å². The van der Waals surface area contributed by atoms with E-state index in [9.17, 15) is 19.1 Å². The van der Waals surface area contributed by atoms with Crippen molar-refractivity contribution in [3.63, 3.8) is 0 Å². The van der Waals surface area contributed by atoms with Gasteiger partial charge in [-0.25, -0.2) is 14.4 Å². The van der Waals surface area contributed by atoms with E-state index >= 15 is 0 Å². The molecule has 0 radical (unpaired) electrons. The Labute approximate surface area is 222 Å². The van der Waals surface area contributed by atoms with Gasteiger partial charge in [0.15, 0.2) is 0 Å². The number of rotatable bonds is 8. The van der Waals surface area contributed by atoms with Crippen LogP contribution in [-0.2, 0) is 4.79 Å². The van der Waals surface area contributed by atoms with Gasteiger partial charge < -0.3 is 25.4 Å². The summed E-state index contributed by atoms with van der Waals surface area (Å²) < 4.78 is 20.8. The molecule has 0 spiro atoms. The highest BCUT2D eigenvalue weighted by Crippen LogP contribution is 2.41. The molecule has 2 saturated heterocycles. The van der Waals surface area contributed by atoms with Crippen molar-refractivity contribution in [2.75, 3.05) is 32.8 Å². The number of halogens is 1. The normalized spacial score (nSPS) is 23.7. The quantitative estimate of drug-likeness (QED) is 0.543. The number of amides is 2. The summed E-state index contributed by atoms with van der Waals surface area (Å²) in [7, 11) is 0. The molecule has 204 valence electrons. The number of benzene rings is 1. The topological polar surface area (TPSA) is 122 Å². The minimum atomic E-state index is -1.16. The summed E-state index contributed by atoms with van der Waals surface area (Å²) in [6, 6.07) is 2.97. The summed E-state index contributed by atoms with van der Waals surface area (Å²) in [5.41, 5.74) is 6.55. The third-order valence-electron chi connectivity index (χ3n) is 8.38. The summed E-state index contributed by atoms with van der Waals surface area (Å²) in [6.45, 7) is 6.55. The van der Waals surface area contributed by atoms with Gasteiger partial charge in [-0.2, -0.15) is 0 Å². The van der Waals surface area contributed by atoms with Crippen molar-refractivity contribution in [3.8, 4) is 17.1 Å². The molecule has 2 atom stereocenters. The highest BCUT2D eigenvalue weighted by atomic mass is 19.1. The number of aromatic nitrogens is 2. The van der Waals surface area contributed by atoms with Crippen molar-refractivity contribution in [2.24, 2.45) is 17.1 Å². The number of nitrogens with zero attached hydrogens (tertiary/aromatic N) is 4. The van der Waals surface area contributed by atoms with Gasteiger partial charge in [-0.05, 0) is 68.7 Å². The number of hydrogen-bond acceptors (Lipinski definition) is 7. The van der Waals surface area contributed by atoms with E-state index in [2.05, 4.69) is 21.8 Å². The lowest BCUT2D eigenvalue weighted by molar-refractivity contribution is -0.124. The molecule has 0 unspecified atom stereocenters. The molecule has 5 rings (SSSR count). The predicted octanol–water partition coefficient (Wildman–Crippen LogP) is 2.62. The zero-order valence-electron chi connectivity index (χ0n) is 21.8. The average Bonchev–Trinajstić information content (AvgIpc) is 3.29. The summed E-state index contributed by atoms with van der Waals surface area (Å²) in [4.78, 5) is 36.9. The number of nitrogens with two attached hydrogens (primary N) is 1. The molecule has 2 amide bonds. The molecule has 2 aromatic rings. The Morgan fingerprint density at radius 2 is 1.92 bits per heavy atom. The monoisotopic (exact) mass is 525 g/mol. The van der Waals surface area contributed by atoms with Gasteiger partial charge in [0.25, 0.3) is 5.91 Å². The summed E-state index contributed by atoms with van der Waals surface area (Å²) >= 11 is 0. The lowest BCUT2D eigenvalue weighted by atomic mass is 9.70. The van der Waals surface area contributed by atoms with Crippen LogP contribution in [0.15, 0.2) is 30.6 Å². The summed E-state index contributed by atoms with van der Waals surface area (Å²) in [5, 5.41) is 9.96. The molecule has 3 aliphatic rings. The Morgan fingerprint density at radius 1 is 1.16 bits per heavy atom. The number of hydrogen-bond donors (Lipinski definition) is 2. The molecule has 1 aromatic heterocycles. The van der Waals surface area contributed by atoms with Crippen LogP contribution in [0.3, 0.4) is 0 Å². The number of piperidine rings is 1. The van der Waals surface area contributed by atoms with E-state index in [-0.39, 0.29) is 18.5 Å². The maximum absolute atomic E-state index is 14.9. The highest BCUT2D eigenvalue weighted by molar-refractivity contribution is 5.98. The van der Waals surface area contributed by atoms with E-state index in [1.54, 1.807) is 6.07 Å². The first-order chi connectivity index (χ1) is 18.2. The SMILES string of the molecule is CC1(CN2CCC(COc3cnc(-c4ccc(C(=O)N5CC[C@H](O)[C@H]5C(N)=O)c(F)c4)cn3)CC2)CCC1. The second-order valence-corrected chi connectivity index (χ2v) is 11.3. The molecule has 3 N–H and O–H groups in total. The van der Waals surface area contributed by atoms with Gasteiger partial charge in [0.05, 0.1) is 36.4 Å². The molecule has 3 heterocycles. The van der Waals surface area contributed by atoms with Crippen LogP contribution in [0.5, 0.6) is 5.88 Å². The van der Waals surface area contributed by atoms with Crippen LogP contribution in [0, 0.1) is 17.2 Å². The van der Waals surface area contributed by atoms with Crippen LogP contribution in [-0.4, -0.2) is 81.6 Å². The van der Waals surface area contributed by atoms with E-state index in [0.29, 0.717) is 35.1 Å². The van der Waals surface area contributed by atoms with Crippen LogP contribution in [0.2, 0.25) is 0 Å². The van der Waals surface area contributed by atoms with E-state index in [4.69, 9.17) is 10.5 Å². The maximum atomic E-state index is 14.9. The Bertz CT molecular complexity index is 1160. The number of aliphatic hydroxyl groups excluding tert-OH is 1. The molecule has 2 aliphatic heterocycles. The van der Waals surface area contributed by atoms with Crippen molar-refractivity contribution in [3.05, 3.63) is 42.0 Å². The van der Waals surface area contributed by atoms with Crippen molar-refractivity contribution in [1.82, 2.24) is 19.8 Å². The minimum absolute atomic E-state index is 0.125. The minimum Gasteiger partial charge on any atom is -0.476 e. The third-order valence-corrected chi connectivity index (χ3v) is 8.38. The zero-order valence-corrected chi connectivity index (χ0v) is 21.8. The Hall–Kier alpha value is -3.11. The molecule has 1 aromatic carbocycles. The van der Waals surface area contributed by atoms with Crippen molar-refractivity contribution < 1.29 is 23.8 Å². The van der Waals surface area contributed by atoms with Crippen molar-refractivity contribution in [1.29, 1.82) is 0 Å². The molecular weight excluding hydrogens is 489 g/mol. The van der Waals surface area contributed by atoms with Crippen LogP contribution in [0.25, 0.3) is 11.3 Å². The lowest BCUT2D eigenvalue weighted by Gasteiger charge is -2.44. The molecule has 38 heavy (non-hydrogen) atoms. The first-order valence-corrected chi connectivity index (χ1v) is 13.5. The van der Waals surface area contributed by atoms with Gasteiger partial charge in [0, 0.05) is 18.7 Å². The Morgan fingerprint density at radius 3 is 2.53 bits per heavy atom. The Balaban J connectivity index is 1.14. The van der Waals surface area contributed by atoms with Crippen LogP contribution in [0.4, 0.5) is 4.39 Å². The average molecular weight is 526 g/mol. The maximum Gasteiger partial charge on any atom is 0.257 e. The van der Waals surface area contributed by atoms with E-state index < -0.39 is 29.8 Å².